The minimum absolute atomic E-state index is 0.0251. The van der Waals surface area contributed by atoms with E-state index in [0.717, 1.165) is 57.5 Å². The minimum Gasteiger partial charge on any atom is -0.395 e. The van der Waals surface area contributed by atoms with Gasteiger partial charge in [-0.25, -0.2) is 4.98 Å². The zero-order valence-corrected chi connectivity index (χ0v) is 22.7. The summed E-state index contributed by atoms with van der Waals surface area (Å²) in [4.78, 5) is 35.8. The molecule has 2 aromatic heterocycles. The third kappa shape index (κ3) is 5.80. The molecule has 1 aliphatic rings. The Hall–Kier alpha value is -2.98. The second-order valence-electron chi connectivity index (χ2n) is 9.06. The van der Waals surface area contributed by atoms with Gasteiger partial charge in [0.1, 0.15) is 4.83 Å². The van der Waals surface area contributed by atoms with Crippen LogP contribution in [0.2, 0.25) is 5.02 Å². The molecule has 0 radical (unpaired) electrons. The number of fused-ring (bicyclic) bond motifs is 1. The van der Waals surface area contributed by atoms with Crippen LogP contribution in [0.4, 0.5) is 16.5 Å². The molecule has 1 saturated heterocycles. The fourth-order valence-electron chi connectivity index (χ4n) is 4.44. The number of hydrogen-bond acceptors (Lipinski definition) is 8. The molecule has 1 fully saturated rings. The Morgan fingerprint density at radius 2 is 1.81 bits per heavy atom. The van der Waals surface area contributed by atoms with E-state index in [4.69, 9.17) is 16.7 Å². The lowest BCUT2D eigenvalue weighted by atomic mass is 9.88. The second kappa shape index (κ2) is 11.2. The molecule has 10 heteroatoms. The molecule has 1 amide bonds. The first kappa shape index (κ1) is 25.7. The number of carbonyl (C=O) groups excluding carboxylic acids is 2. The van der Waals surface area contributed by atoms with Gasteiger partial charge in [0, 0.05) is 54.6 Å². The number of nitrogens with zero attached hydrogens (tertiary/aromatic N) is 3. The predicted octanol–water partition coefficient (Wildman–Crippen LogP) is 5.79. The monoisotopic (exact) mass is 554 g/mol. The first-order chi connectivity index (χ1) is 17.9. The summed E-state index contributed by atoms with van der Waals surface area (Å²) in [5, 5.41) is 13.6. The number of aliphatic hydroxyl groups excluding tert-OH is 1. The number of hydrogen-bond donors (Lipinski definition) is 2. The van der Waals surface area contributed by atoms with Crippen LogP contribution >= 0.6 is 34.3 Å². The summed E-state index contributed by atoms with van der Waals surface area (Å²) in [5.41, 5.74) is 2.53. The number of halogens is 1. The Balaban J connectivity index is 1.16. The largest absolute Gasteiger partial charge is 0.395 e. The number of aromatic nitrogens is 1. The summed E-state index contributed by atoms with van der Waals surface area (Å²) >= 11 is 8.82. The highest BCUT2D eigenvalue weighted by molar-refractivity contribution is 7.29. The van der Waals surface area contributed by atoms with Crippen LogP contribution in [0.1, 0.15) is 32.9 Å². The van der Waals surface area contributed by atoms with Crippen LogP contribution in [0.25, 0.3) is 9.53 Å². The van der Waals surface area contributed by atoms with E-state index in [2.05, 4.69) is 15.2 Å². The maximum atomic E-state index is 12.8. The second-order valence-corrected chi connectivity index (χ2v) is 11.5. The number of thiophene rings is 1. The summed E-state index contributed by atoms with van der Waals surface area (Å²) in [6.07, 6.45) is 1.61. The number of benzene rings is 2. The van der Waals surface area contributed by atoms with Crippen LogP contribution < -0.4 is 15.1 Å². The van der Waals surface area contributed by atoms with E-state index in [1.807, 2.05) is 42.3 Å². The molecule has 37 heavy (non-hydrogen) atoms. The summed E-state index contributed by atoms with van der Waals surface area (Å²) in [5.74, 6) is 0.0539. The molecule has 0 aliphatic carbocycles. The van der Waals surface area contributed by atoms with Crippen molar-refractivity contribution >= 4 is 72.0 Å². The first-order valence-electron chi connectivity index (χ1n) is 12.1. The maximum Gasteiger partial charge on any atom is 0.265 e. The number of rotatable bonds is 8. The van der Waals surface area contributed by atoms with Crippen molar-refractivity contribution in [3.8, 4) is 0 Å². The van der Waals surface area contributed by atoms with Crippen molar-refractivity contribution in [3.63, 3.8) is 0 Å². The molecule has 0 bridgehead atoms. The van der Waals surface area contributed by atoms with E-state index in [-0.39, 0.29) is 24.2 Å². The Morgan fingerprint density at radius 1 is 1.11 bits per heavy atom. The van der Waals surface area contributed by atoms with Gasteiger partial charge in [0.05, 0.1) is 16.2 Å². The van der Waals surface area contributed by atoms with Crippen LogP contribution in [0.3, 0.4) is 0 Å². The van der Waals surface area contributed by atoms with Crippen molar-refractivity contribution in [3.05, 3.63) is 70.1 Å². The Labute approximate surface area is 228 Å². The number of Topliss-reactive ketones (excluding diaryl/α,β-unsaturated/α-hetero) is 1. The number of thiazole rings is 1. The van der Waals surface area contributed by atoms with E-state index in [1.54, 1.807) is 24.3 Å². The van der Waals surface area contributed by atoms with Crippen molar-refractivity contribution in [2.75, 3.05) is 48.4 Å². The highest BCUT2D eigenvalue weighted by Gasteiger charge is 2.26. The van der Waals surface area contributed by atoms with Crippen LogP contribution in [0.5, 0.6) is 0 Å². The highest BCUT2D eigenvalue weighted by atomic mass is 35.5. The molecule has 4 aromatic rings. The number of carbonyl (C=O) groups is 2. The van der Waals surface area contributed by atoms with Gasteiger partial charge in [-0.3, -0.25) is 9.59 Å². The van der Waals surface area contributed by atoms with Gasteiger partial charge in [0.15, 0.2) is 10.9 Å². The number of likely N-dealkylation sites (N-methyl/N-ethyl adjacent to an activating group) is 1. The third-order valence-electron chi connectivity index (χ3n) is 6.55. The molecule has 1 aliphatic heterocycles. The van der Waals surface area contributed by atoms with Crippen molar-refractivity contribution in [2.45, 2.75) is 12.8 Å². The van der Waals surface area contributed by atoms with Crippen molar-refractivity contribution < 1.29 is 14.7 Å². The Bertz CT molecular complexity index is 1360. The van der Waals surface area contributed by atoms with Crippen LogP contribution in [-0.4, -0.2) is 55.1 Å². The Morgan fingerprint density at radius 3 is 2.46 bits per heavy atom. The van der Waals surface area contributed by atoms with Gasteiger partial charge in [-0.05, 0) is 67.4 Å². The number of amides is 1. The zero-order valence-electron chi connectivity index (χ0n) is 20.3. The summed E-state index contributed by atoms with van der Waals surface area (Å²) in [6.45, 7) is 2.20. The zero-order chi connectivity index (χ0) is 25.9. The molecular weight excluding hydrogens is 528 g/mol. The van der Waals surface area contributed by atoms with Gasteiger partial charge < -0.3 is 20.2 Å². The lowest BCUT2D eigenvalue weighted by Crippen LogP contribution is -2.36. The van der Waals surface area contributed by atoms with Gasteiger partial charge in [-0.2, -0.15) is 0 Å². The molecule has 192 valence electrons. The predicted molar refractivity (Wildman–Crippen MR) is 153 cm³/mol. The van der Waals surface area contributed by atoms with E-state index in [1.165, 1.54) is 22.7 Å². The molecule has 0 atom stereocenters. The average Bonchev–Trinajstić information content (AvgIpc) is 3.50. The van der Waals surface area contributed by atoms with Gasteiger partial charge >= 0.3 is 0 Å². The van der Waals surface area contributed by atoms with Gasteiger partial charge in [0.2, 0.25) is 0 Å². The summed E-state index contributed by atoms with van der Waals surface area (Å²) in [7, 11) is 1.89. The van der Waals surface area contributed by atoms with E-state index >= 15 is 0 Å². The van der Waals surface area contributed by atoms with Gasteiger partial charge in [0.25, 0.3) is 5.91 Å². The number of anilines is 3. The average molecular weight is 555 g/mol. The highest BCUT2D eigenvalue weighted by Crippen LogP contribution is 2.34. The van der Waals surface area contributed by atoms with Crippen LogP contribution in [-0.2, 0) is 0 Å². The number of aliphatic hydroxyl groups is 1. The van der Waals surface area contributed by atoms with Crippen molar-refractivity contribution in [2.24, 2.45) is 5.92 Å². The smallest absolute Gasteiger partial charge is 0.265 e. The molecule has 2 aromatic carbocycles. The molecule has 0 spiro atoms. The van der Waals surface area contributed by atoms with E-state index in [0.29, 0.717) is 16.4 Å². The van der Waals surface area contributed by atoms with E-state index in [9.17, 15) is 9.59 Å². The quantitative estimate of drug-likeness (QED) is 0.268. The summed E-state index contributed by atoms with van der Waals surface area (Å²) < 4.78 is 0.961. The van der Waals surface area contributed by atoms with Gasteiger partial charge in [-0.15, -0.1) is 11.3 Å². The molecule has 0 saturated carbocycles. The summed E-state index contributed by atoms with van der Waals surface area (Å²) in [6, 6.07) is 16.8. The topological polar surface area (TPSA) is 85.8 Å². The molecule has 3 heterocycles. The van der Waals surface area contributed by atoms with E-state index < -0.39 is 0 Å². The minimum atomic E-state index is -0.158. The maximum absolute atomic E-state index is 12.8. The fraction of sp³-hybridized carbons (Fsp3) is 0.296. The molecule has 5 rings (SSSR count). The Kier molecular flexibility index (Phi) is 7.76. The molecular formula is C27H27ClN4O3S2. The molecule has 7 nitrogen and oxygen atoms in total. The van der Waals surface area contributed by atoms with Crippen LogP contribution in [0.15, 0.2) is 54.6 Å². The standard InChI is InChI=1S/C27H27ClN4O3S2/c1-31(14-15-33)27-30-26-23(37-27)16-22(36-26)25(35)29-20-6-8-21(9-7-20)32-12-10-18(11-13-32)24(34)17-2-4-19(28)5-3-17/h2-9,16,18,33H,10-15H2,1H3,(H,29,35). The molecule has 2 N–H and O–H groups in total. The normalized spacial score (nSPS) is 14.2. The first-order valence-corrected chi connectivity index (χ1v) is 14.1. The third-order valence-corrected chi connectivity index (χ3v) is 9.07. The number of piperidine rings is 1. The van der Waals surface area contributed by atoms with Crippen molar-refractivity contribution in [1.82, 2.24) is 4.98 Å². The lowest BCUT2D eigenvalue weighted by Gasteiger charge is -2.33. The fourth-order valence-corrected chi connectivity index (χ4v) is 6.66. The van der Waals surface area contributed by atoms with Crippen LogP contribution in [0, 0.1) is 5.92 Å². The SMILES string of the molecule is CN(CCO)c1nc2sc(C(=O)Nc3ccc(N4CCC(C(=O)c5ccc(Cl)cc5)CC4)cc3)cc2s1. The van der Waals surface area contributed by atoms with Gasteiger partial charge in [-0.1, -0.05) is 22.9 Å². The number of ketones is 1. The molecule has 0 unspecified atom stereocenters. The number of nitrogens with one attached hydrogen (secondary N) is 1. The van der Waals surface area contributed by atoms with Crippen molar-refractivity contribution in [1.29, 1.82) is 0 Å². The lowest BCUT2D eigenvalue weighted by molar-refractivity contribution is 0.0900.